The van der Waals surface area contributed by atoms with E-state index in [2.05, 4.69) is 15.9 Å². The van der Waals surface area contributed by atoms with Crippen molar-refractivity contribution in [2.45, 2.75) is 11.8 Å². The number of sulfonamides is 1. The minimum atomic E-state index is -3.43. The lowest BCUT2D eigenvalue weighted by atomic mass is 10.3. The van der Waals surface area contributed by atoms with Crippen LogP contribution in [-0.4, -0.2) is 56.1 Å². The molecule has 0 N–H and O–H groups in total. The van der Waals surface area contributed by atoms with Gasteiger partial charge in [0, 0.05) is 30.7 Å². The van der Waals surface area contributed by atoms with Gasteiger partial charge in [-0.3, -0.25) is 9.69 Å². The van der Waals surface area contributed by atoms with Gasteiger partial charge in [-0.05, 0) is 31.2 Å². The van der Waals surface area contributed by atoms with E-state index in [1.165, 1.54) is 4.31 Å². The first-order chi connectivity index (χ1) is 9.39. The highest BCUT2D eigenvalue weighted by molar-refractivity contribution is 9.10. The van der Waals surface area contributed by atoms with Gasteiger partial charge in [0.05, 0.1) is 11.4 Å². The Labute approximate surface area is 127 Å². The smallest absolute Gasteiger partial charge is 0.243 e. The van der Waals surface area contributed by atoms with E-state index in [0.717, 1.165) is 4.47 Å². The number of rotatable bonds is 4. The molecule has 1 aromatic rings. The van der Waals surface area contributed by atoms with Crippen LogP contribution in [0.1, 0.15) is 6.92 Å². The zero-order valence-electron chi connectivity index (χ0n) is 11.3. The second kappa shape index (κ2) is 6.34. The number of nitrogens with zero attached hydrogens (tertiary/aromatic N) is 2. The molecule has 20 heavy (non-hydrogen) atoms. The third-order valence-corrected chi connectivity index (χ3v) is 5.67. The Bertz CT molecular complexity index is 578. The minimum Gasteiger partial charge on any atom is -0.299 e. The van der Waals surface area contributed by atoms with Gasteiger partial charge in [0.2, 0.25) is 10.0 Å². The van der Waals surface area contributed by atoms with E-state index in [1.807, 2.05) is 4.90 Å². The number of carbonyl (C=O) groups is 1. The summed E-state index contributed by atoms with van der Waals surface area (Å²) < 4.78 is 27.2. The molecule has 1 heterocycles. The zero-order chi connectivity index (χ0) is 14.8. The van der Waals surface area contributed by atoms with Crippen molar-refractivity contribution in [3.63, 3.8) is 0 Å². The molecule has 5 nitrogen and oxygen atoms in total. The zero-order valence-corrected chi connectivity index (χ0v) is 13.7. The lowest BCUT2D eigenvalue weighted by molar-refractivity contribution is -0.118. The summed E-state index contributed by atoms with van der Waals surface area (Å²) in [5.41, 5.74) is 0. The van der Waals surface area contributed by atoms with Gasteiger partial charge < -0.3 is 0 Å². The molecule has 0 atom stereocenters. The van der Waals surface area contributed by atoms with E-state index >= 15 is 0 Å². The van der Waals surface area contributed by atoms with Gasteiger partial charge in [0.15, 0.2) is 0 Å². The number of ketones is 1. The van der Waals surface area contributed by atoms with Crippen LogP contribution >= 0.6 is 15.9 Å². The maximum atomic E-state index is 12.5. The summed E-state index contributed by atoms with van der Waals surface area (Å²) in [5, 5.41) is 0. The Morgan fingerprint density at radius 2 is 1.70 bits per heavy atom. The van der Waals surface area contributed by atoms with Crippen molar-refractivity contribution >= 4 is 31.7 Å². The van der Waals surface area contributed by atoms with Crippen molar-refractivity contribution in [3.8, 4) is 0 Å². The molecule has 0 unspecified atom stereocenters. The number of piperazine rings is 1. The van der Waals surface area contributed by atoms with Gasteiger partial charge in [0.25, 0.3) is 0 Å². The van der Waals surface area contributed by atoms with Crippen molar-refractivity contribution in [1.82, 2.24) is 9.21 Å². The first-order valence-corrected chi connectivity index (χ1v) is 8.60. The Morgan fingerprint density at radius 1 is 1.15 bits per heavy atom. The van der Waals surface area contributed by atoms with Crippen LogP contribution in [0.3, 0.4) is 0 Å². The van der Waals surface area contributed by atoms with Crippen molar-refractivity contribution in [2.24, 2.45) is 0 Å². The maximum Gasteiger partial charge on any atom is 0.243 e. The van der Waals surface area contributed by atoms with Crippen LogP contribution in [0, 0.1) is 0 Å². The van der Waals surface area contributed by atoms with Gasteiger partial charge >= 0.3 is 0 Å². The summed E-state index contributed by atoms with van der Waals surface area (Å²) in [6.45, 7) is 3.97. The summed E-state index contributed by atoms with van der Waals surface area (Å²) in [7, 11) is -3.43. The lowest BCUT2D eigenvalue weighted by Gasteiger charge is -2.33. The Hall–Kier alpha value is -0.760. The fourth-order valence-corrected chi connectivity index (χ4v) is 3.89. The summed E-state index contributed by atoms with van der Waals surface area (Å²) >= 11 is 3.29. The molecule has 0 aliphatic carbocycles. The third-order valence-electron chi connectivity index (χ3n) is 3.23. The molecular formula is C13H17BrN2O3S. The quantitative estimate of drug-likeness (QED) is 0.812. The average molecular weight is 361 g/mol. The third kappa shape index (κ3) is 3.66. The molecular weight excluding hydrogens is 344 g/mol. The average Bonchev–Trinajstić information content (AvgIpc) is 2.39. The van der Waals surface area contributed by atoms with Crippen molar-refractivity contribution in [3.05, 3.63) is 28.7 Å². The number of hydrogen-bond acceptors (Lipinski definition) is 4. The van der Waals surface area contributed by atoms with E-state index < -0.39 is 10.0 Å². The Kier molecular flexibility index (Phi) is 4.95. The van der Waals surface area contributed by atoms with Crippen LogP contribution in [-0.2, 0) is 14.8 Å². The van der Waals surface area contributed by atoms with E-state index in [1.54, 1.807) is 31.2 Å². The van der Waals surface area contributed by atoms with Crippen LogP contribution < -0.4 is 0 Å². The summed E-state index contributed by atoms with van der Waals surface area (Å²) in [6, 6.07) is 6.64. The molecule has 1 fully saturated rings. The minimum absolute atomic E-state index is 0.106. The molecule has 0 saturated carbocycles. The van der Waals surface area contributed by atoms with Crippen molar-refractivity contribution in [2.75, 3.05) is 32.7 Å². The largest absolute Gasteiger partial charge is 0.299 e. The molecule has 1 aliphatic rings. The van der Waals surface area contributed by atoms with Crippen LogP contribution in [0.2, 0.25) is 0 Å². The number of carbonyl (C=O) groups excluding carboxylic acids is 1. The summed E-state index contributed by atoms with van der Waals surface area (Å²) in [5.74, 6) is 0.106. The highest BCUT2D eigenvalue weighted by Gasteiger charge is 2.28. The van der Waals surface area contributed by atoms with Gasteiger partial charge in [-0.1, -0.05) is 15.9 Å². The van der Waals surface area contributed by atoms with Gasteiger partial charge in [-0.25, -0.2) is 8.42 Å². The molecule has 2 rings (SSSR count). The molecule has 1 aliphatic heterocycles. The molecule has 110 valence electrons. The highest BCUT2D eigenvalue weighted by Crippen LogP contribution is 2.20. The first-order valence-electron chi connectivity index (χ1n) is 6.37. The normalized spacial score (nSPS) is 18.1. The molecule has 0 bridgehead atoms. The summed E-state index contributed by atoms with van der Waals surface area (Å²) in [4.78, 5) is 13.4. The van der Waals surface area contributed by atoms with Crippen LogP contribution in [0.25, 0.3) is 0 Å². The highest BCUT2D eigenvalue weighted by atomic mass is 79.9. The molecule has 0 spiro atoms. The summed E-state index contributed by atoms with van der Waals surface area (Å²) in [6.07, 6.45) is 0. The SMILES string of the molecule is CC(=O)CN1CCN(S(=O)(=O)c2ccc(Br)cc2)CC1. The molecule has 0 amide bonds. The van der Waals surface area contributed by atoms with Crippen LogP contribution in [0.5, 0.6) is 0 Å². The van der Waals surface area contributed by atoms with Crippen molar-refractivity contribution in [1.29, 1.82) is 0 Å². The number of benzene rings is 1. The molecule has 1 saturated heterocycles. The molecule has 7 heteroatoms. The number of hydrogen-bond donors (Lipinski definition) is 0. The number of halogens is 1. The van der Waals surface area contributed by atoms with Crippen LogP contribution in [0.15, 0.2) is 33.6 Å². The van der Waals surface area contributed by atoms with E-state index in [9.17, 15) is 13.2 Å². The molecule has 0 aromatic heterocycles. The van der Waals surface area contributed by atoms with E-state index in [-0.39, 0.29) is 5.78 Å². The van der Waals surface area contributed by atoms with Crippen molar-refractivity contribution < 1.29 is 13.2 Å². The second-order valence-electron chi connectivity index (χ2n) is 4.84. The van der Waals surface area contributed by atoms with Gasteiger partial charge in [-0.15, -0.1) is 0 Å². The topological polar surface area (TPSA) is 57.7 Å². The fraction of sp³-hybridized carbons (Fsp3) is 0.462. The molecule has 0 radical (unpaired) electrons. The lowest BCUT2D eigenvalue weighted by Crippen LogP contribution is -2.49. The predicted molar refractivity (Wildman–Crippen MR) is 80.0 cm³/mol. The maximum absolute atomic E-state index is 12.5. The van der Waals surface area contributed by atoms with E-state index in [0.29, 0.717) is 37.6 Å². The second-order valence-corrected chi connectivity index (χ2v) is 7.69. The monoisotopic (exact) mass is 360 g/mol. The Morgan fingerprint density at radius 3 is 2.20 bits per heavy atom. The van der Waals surface area contributed by atoms with Crippen LogP contribution in [0.4, 0.5) is 0 Å². The first kappa shape index (κ1) is 15.6. The predicted octanol–water partition coefficient (Wildman–Crippen LogP) is 1.34. The number of Topliss-reactive ketones (excluding diaryl/α,β-unsaturated/α-hetero) is 1. The standard InChI is InChI=1S/C13H17BrN2O3S/c1-11(17)10-15-6-8-16(9-7-15)20(18,19)13-4-2-12(14)3-5-13/h2-5H,6-10H2,1H3. The fourth-order valence-electron chi connectivity index (χ4n) is 2.20. The van der Waals surface area contributed by atoms with Gasteiger partial charge in [-0.2, -0.15) is 4.31 Å². The molecule has 1 aromatic carbocycles. The van der Waals surface area contributed by atoms with Gasteiger partial charge in [0.1, 0.15) is 5.78 Å². The van der Waals surface area contributed by atoms with E-state index in [4.69, 9.17) is 0 Å². The Balaban J connectivity index is 2.05.